The number of hydrogen-bond acceptors (Lipinski definition) is 3. The normalized spacial score (nSPS) is 11.9. The molecular weight excluding hydrogens is 206 g/mol. The summed E-state index contributed by atoms with van der Waals surface area (Å²) in [5.41, 5.74) is 2.36. The van der Waals surface area contributed by atoms with Crippen LogP contribution in [0.15, 0.2) is 17.7 Å². The zero-order chi connectivity index (χ0) is 11.4. The van der Waals surface area contributed by atoms with E-state index in [1.807, 2.05) is 19.9 Å². The molecule has 0 aliphatic rings. The molecule has 82 valence electrons. The van der Waals surface area contributed by atoms with Crippen LogP contribution >= 0.6 is 11.3 Å². The van der Waals surface area contributed by atoms with Gasteiger partial charge in [-0.15, -0.1) is 11.3 Å². The minimum Gasteiger partial charge on any atom is -0.288 e. The summed E-state index contributed by atoms with van der Waals surface area (Å²) in [6, 6.07) is 0. The van der Waals surface area contributed by atoms with Gasteiger partial charge in [0.25, 0.3) is 0 Å². The second-order valence-electron chi connectivity index (χ2n) is 4.19. The summed E-state index contributed by atoms with van der Waals surface area (Å²) in [6.07, 6.45) is 3.54. The summed E-state index contributed by atoms with van der Waals surface area (Å²) in [6.45, 7) is 8.26. The Kier molecular flexibility index (Phi) is 4.21. The molecule has 0 radical (unpaired) electrons. The van der Waals surface area contributed by atoms with Crippen molar-refractivity contribution in [2.45, 2.75) is 33.6 Å². The lowest BCUT2D eigenvalue weighted by Crippen LogP contribution is -2.00. The monoisotopic (exact) mass is 223 g/mol. The number of thiazole rings is 1. The highest BCUT2D eigenvalue weighted by Gasteiger charge is 2.14. The number of rotatable bonds is 4. The predicted molar refractivity (Wildman–Crippen MR) is 64.5 cm³/mol. The maximum atomic E-state index is 11.8. The first kappa shape index (κ1) is 12.1. The summed E-state index contributed by atoms with van der Waals surface area (Å²) in [7, 11) is 0. The Hall–Kier alpha value is -0.960. The van der Waals surface area contributed by atoms with Crippen molar-refractivity contribution in [3.63, 3.8) is 0 Å². The van der Waals surface area contributed by atoms with Gasteiger partial charge in [0.2, 0.25) is 5.78 Å². The molecule has 0 saturated carbocycles. The van der Waals surface area contributed by atoms with E-state index >= 15 is 0 Å². The third-order valence-corrected chi connectivity index (χ3v) is 3.11. The highest BCUT2D eigenvalue weighted by atomic mass is 32.1. The number of ketones is 1. The number of hydrogen-bond donors (Lipinski definition) is 0. The largest absolute Gasteiger partial charge is 0.288 e. The second-order valence-corrected chi connectivity index (χ2v) is 5.07. The number of carbonyl (C=O) groups is 1. The molecule has 0 N–H and O–H groups in total. The molecule has 0 spiro atoms. The van der Waals surface area contributed by atoms with Gasteiger partial charge in [-0.05, 0) is 17.9 Å². The first-order valence-electron chi connectivity index (χ1n) is 5.18. The maximum Gasteiger partial charge on any atom is 0.205 e. The van der Waals surface area contributed by atoms with E-state index in [0.717, 1.165) is 4.88 Å². The topological polar surface area (TPSA) is 30.0 Å². The lowest BCUT2D eigenvalue weighted by Gasteiger charge is -2.02. The van der Waals surface area contributed by atoms with Crippen LogP contribution in [0, 0.1) is 5.92 Å². The zero-order valence-electron chi connectivity index (χ0n) is 9.65. The van der Waals surface area contributed by atoms with Crippen LogP contribution in [-0.4, -0.2) is 10.8 Å². The van der Waals surface area contributed by atoms with Gasteiger partial charge in [-0.1, -0.05) is 33.8 Å². The predicted octanol–water partition coefficient (Wildman–Crippen LogP) is 3.66. The molecule has 1 aromatic heterocycles. The van der Waals surface area contributed by atoms with Gasteiger partial charge >= 0.3 is 0 Å². The Morgan fingerprint density at radius 3 is 2.60 bits per heavy atom. The van der Waals surface area contributed by atoms with Crippen LogP contribution in [-0.2, 0) is 0 Å². The molecule has 0 amide bonds. The van der Waals surface area contributed by atoms with E-state index in [0.29, 0.717) is 17.5 Å². The molecule has 1 aromatic rings. The van der Waals surface area contributed by atoms with E-state index < -0.39 is 0 Å². The molecule has 2 nitrogen and oxygen atoms in total. The van der Waals surface area contributed by atoms with Gasteiger partial charge in [0.1, 0.15) is 5.69 Å². The van der Waals surface area contributed by atoms with Crippen LogP contribution in [0.4, 0.5) is 0 Å². The molecule has 0 bridgehead atoms. The van der Waals surface area contributed by atoms with Crippen LogP contribution in [0.3, 0.4) is 0 Å². The Labute approximate surface area is 95.0 Å². The van der Waals surface area contributed by atoms with Crippen molar-refractivity contribution >= 4 is 17.1 Å². The molecule has 3 heteroatoms. The zero-order valence-corrected chi connectivity index (χ0v) is 10.5. The van der Waals surface area contributed by atoms with Gasteiger partial charge in [0, 0.05) is 4.88 Å². The van der Waals surface area contributed by atoms with Crippen LogP contribution < -0.4 is 0 Å². The van der Waals surface area contributed by atoms with Gasteiger partial charge < -0.3 is 0 Å². The first-order chi connectivity index (χ1) is 7.02. The fourth-order valence-electron chi connectivity index (χ4n) is 1.21. The van der Waals surface area contributed by atoms with Crippen LogP contribution in [0.5, 0.6) is 0 Å². The molecule has 15 heavy (non-hydrogen) atoms. The van der Waals surface area contributed by atoms with Crippen molar-refractivity contribution in [2.24, 2.45) is 5.92 Å². The minimum atomic E-state index is 0.0219. The molecule has 0 saturated heterocycles. The molecular formula is C12H17NOS. The van der Waals surface area contributed by atoms with Gasteiger partial charge in [0.05, 0.1) is 5.51 Å². The highest BCUT2D eigenvalue weighted by molar-refractivity contribution is 7.10. The van der Waals surface area contributed by atoms with Crippen molar-refractivity contribution < 1.29 is 4.79 Å². The Morgan fingerprint density at radius 2 is 2.07 bits per heavy atom. The van der Waals surface area contributed by atoms with Crippen LogP contribution in [0.1, 0.15) is 49.0 Å². The molecule has 1 rings (SSSR count). The summed E-state index contributed by atoms with van der Waals surface area (Å²) < 4.78 is 0. The number of aromatic nitrogens is 1. The standard InChI is InChI=1S/C12H17NOS/c1-8(2)5-6-10(14)11-12(9(3)4)15-7-13-11/h5-9H,1-4H3/b6-5+. The fourth-order valence-corrected chi connectivity index (χ4v) is 2.02. The number of allylic oxidation sites excluding steroid dienone is 2. The van der Waals surface area contributed by atoms with E-state index in [-0.39, 0.29) is 5.78 Å². The molecule has 0 atom stereocenters. The molecule has 0 fully saturated rings. The quantitative estimate of drug-likeness (QED) is 0.576. The van der Waals surface area contributed by atoms with E-state index in [4.69, 9.17) is 0 Å². The Bertz CT molecular complexity index is 363. The third-order valence-electron chi connectivity index (χ3n) is 1.99. The molecule has 0 unspecified atom stereocenters. The van der Waals surface area contributed by atoms with E-state index in [2.05, 4.69) is 18.8 Å². The lowest BCUT2D eigenvalue weighted by atomic mass is 10.1. The summed E-state index contributed by atoms with van der Waals surface area (Å²) in [5.74, 6) is 0.785. The van der Waals surface area contributed by atoms with Crippen molar-refractivity contribution in [2.75, 3.05) is 0 Å². The smallest absolute Gasteiger partial charge is 0.205 e. The number of nitrogens with zero attached hydrogens (tertiary/aromatic N) is 1. The summed E-state index contributed by atoms with van der Waals surface area (Å²) in [5, 5.41) is 0. The van der Waals surface area contributed by atoms with Crippen molar-refractivity contribution in [1.29, 1.82) is 0 Å². The Balaban J connectivity index is 2.87. The lowest BCUT2D eigenvalue weighted by molar-refractivity contribution is 0.104. The van der Waals surface area contributed by atoms with Crippen molar-refractivity contribution in [3.8, 4) is 0 Å². The average molecular weight is 223 g/mol. The summed E-state index contributed by atoms with van der Waals surface area (Å²) in [4.78, 5) is 17.0. The van der Waals surface area contributed by atoms with Gasteiger partial charge in [-0.3, -0.25) is 4.79 Å². The first-order valence-corrected chi connectivity index (χ1v) is 6.06. The second kappa shape index (κ2) is 5.21. The van der Waals surface area contributed by atoms with Crippen molar-refractivity contribution in [3.05, 3.63) is 28.2 Å². The van der Waals surface area contributed by atoms with Crippen molar-refractivity contribution in [1.82, 2.24) is 4.98 Å². The number of carbonyl (C=O) groups excluding carboxylic acids is 1. The Morgan fingerprint density at radius 1 is 1.40 bits per heavy atom. The van der Waals surface area contributed by atoms with Crippen LogP contribution in [0.2, 0.25) is 0 Å². The van der Waals surface area contributed by atoms with E-state index in [1.54, 1.807) is 22.9 Å². The molecule has 0 aromatic carbocycles. The van der Waals surface area contributed by atoms with Gasteiger partial charge in [-0.25, -0.2) is 4.98 Å². The maximum absolute atomic E-state index is 11.8. The molecule has 0 aliphatic carbocycles. The fraction of sp³-hybridized carbons (Fsp3) is 0.500. The third kappa shape index (κ3) is 3.27. The molecule has 0 aliphatic heterocycles. The molecule has 1 heterocycles. The average Bonchev–Trinajstić information content (AvgIpc) is 2.62. The van der Waals surface area contributed by atoms with E-state index in [9.17, 15) is 4.79 Å². The van der Waals surface area contributed by atoms with Crippen LogP contribution in [0.25, 0.3) is 0 Å². The SMILES string of the molecule is CC(C)/C=C/C(=O)c1ncsc1C(C)C. The minimum absolute atomic E-state index is 0.0219. The highest BCUT2D eigenvalue weighted by Crippen LogP contribution is 2.23. The van der Waals surface area contributed by atoms with Gasteiger partial charge in [-0.2, -0.15) is 0 Å². The van der Waals surface area contributed by atoms with Gasteiger partial charge in [0.15, 0.2) is 0 Å². The van der Waals surface area contributed by atoms with E-state index in [1.165, 1.54) is 0 Å². The summed E-state index contributed by atoms with van der Waals surface area (Å²) >= 11 is 1.55.